The molecule has 2 aromatic rings. The lowest BCUT2D eigenvalue weighted by Crippen LogP contribution is -2.35. The molecular weight excluding hydrogens is 370 g/mol. The SMILES string of the molecule is Cc1ccc(Br)c2c(Cl)nc(C(F)(F)C(F)(F)F)nc12. The molecule has 0 radical (unpaired) electrons. The molecule has 0 aliphatic rings. The summed E-state index contributed by atoms with van der Waals surface area (Å²) in [5.41, 5.74) is 0.352. The van der Waals surface area contributed by atoms with E-state index in [0.717, 1.165) is 0 Å². The number of rotatable bonds is 1. The van der Waals surface area contributed by atoms with Crippen molar-refractivity contribution >= 4 is 38.4 Å². The van der Waals surface area contributed by atoms with Crippen LogP contribution in [0.2, 0.25) is 5.15 Å². The van der Waals surface area contributed by atoms with Crippen LogP contribution >= 0.6 is 27.5 Å². The third kappa shape index (κ3) is 2.35. The molecule has 20 heavy (non-hydrogen) atoms. The van der Waals surface area contributed by atoms with Gasteiger partial charge in [-0.25, -0.2) is 9.97 Å². The van der Waals surface area contributed by atoms with Crippen LogP contribution in [-0.4, -0.2) is 16.1 Å². The molecule has 0 fully saturated rings. The first-order valence-electron chi connectivity index (χ1n) is 5.13. The van der Waals surface area contributed by atoms with Gasteiger partial charge in [0.25, 0.3) is 0 Å². The van der Waals surface area contributed by atoms with Crippen molar-refractivity contribution in [3.05, 3.63) is 33.1 Å². The quantitative estimate of drug-likeness (QED) is 0.517. The minimum absolute atomic E-state index is 0.0571. The molecule has 2 nitrogen and oxygen atoms in total. The Morgan fingerprint density at radius 3 is 2.25 bits per heavy atom. The Kier molecular flexibility index (Phi) is 3.66. The predicted molar refractivity (Wildman–Crippen MR) is 66.9 cm³/mol. The lowest BCUT2D eigenvalue weighted by Gasteiger charge is -2.19. The van der Waals surface area contributed by atoms with Gasteiger partial charge in [0.1, 0.15) is 5.15 Å². The second kappa shape index (κ2) is 4.77. The summed E-state index contributed by atoms with van der Waals surface area (Å²) in [7, 11) is 0. The molecular formula is C11H5BrClF5N2. The molecule has 1 aromatic heterocycles. The molecule has 1 aromatic carbocycles. The van der Waals surface area contributed by atoms with Gasteiger partial charge in [-0.1, -0.05) is 17.7 Å². The molecule has 0 aliphatic heterocycles. The standard InChI is InChI=1S/C11H5BrClF5N2/c1-4-2-3-5(12)6-7(4)19-9(20-8(6)13)10(14,15)11(16,17)18/h2-3H,1H3. The van der Waals surface area contributed by atoms with E-state index in [1.54, 1.807) is 6.07 Å². The van der Waals surface area contributed by atoms with Gasteiger partial charge in [-0.2, -0.15) is 22.0 Å². The summed E-state index contributed by atoms with van der Waals surface area (Å²) in [5.74, 6) is -6.83. The van der Waals surface area contributed by atoms with Crippen LogP contribution in [0.25, 0.3) is 10.9 Å². The summed E-state index contributed by atoms with van der Waals surface area (Å²) in [5, 5.41) is -0.280. The highest BCUT2D eigenvalue weighted by Crippen LogP contribution is 2.43. The molecule has 108 valence electrons. The number of aryl methyl sites for hydroxylation is 1. The van der Waals surface area contributed by atoms with Crippen molar-refractivity contribution in [2.24, 2.45) is 0 Å². The fourth-order valence-electron chi connectivity index (χ4n) is 1.56. The van der Waals surface area contributed by atoms with E-state index in [1.165, 1.54) is 13.0 Å². The minimum Gasteiger partial charge on any atom is -0.226 e. The van der Waals surface area contributed by atoms with Gasteiger partial charge in [-0.3, -0.25) is 0 Å². The molecule has 0 N–H and O–H groups in total. The smallest absolute Gasteiger partial charge is 0.226 e. The van der Waals surface area contributed by atoms with Gasteiger partial charge in [-0.05, 0) is 34.5 Å². The third-order valence-electron chi connectivity index (χ3n) is 2.59. The van der Waals surface area contributed by atoms with Gasteiger partial charge in [0.15, 0.2) is 0 Å². The van der Waals surface area contributed by atoms with Crippen molar-refractivity contribution < 1.29 is 22.0 Å². The normalized spacial score (nSPS) is 13.0. The van der Waals surface area contributed by atoms with Crippen molar-refractivity contribution in [3.63, 3.8) is 0 Å². The van der Waals surface area contributed by atoms with Gasteiger partial charge in [-0.15, -0.1) is 0 Å². The Balaban J connectivity index is 2.80. The molecule has 0 saturated heterocycles. The lowest BCUT2D eigenvalue weighted by molar-refractivity contribution is -0.292. The number of hydrogen-bond donors (Lipinski definition) is 0. The van der Waals surface area contributed by atoms with E-state index in [0.29, 0.717) is 10.0 Å². The van der Waals surface area contributed by atoms with Gasteiger partial charge < -0.3 is 0 Å². The predicted octanol–water partition coefficient (Wildman–Crippen LogP) is 5.01. The number of fused-ring (bicyclic) bond motifs is 1. The van der Waals surface area contributed by atoms with Gasteiger partial charge in [0.05, 0.1) is 10.9 Å². The second-order valence-corrected chi connectivity index (χ2v) is 5.21. The lowest BCUT2D eigenvalue weighted by atomic mass is 10.1. The summed E-state index contributed by atoms with van der Waals surface area (Å²) in [6.45, 7) is 1.52. The molecule has 0 bridgehead atoms. The Morgan fingerprint density at radius 1 is 1.10 bits per heavy atom. The monoisotopic (exact) mass is 374 g/mol. The Bertz CT molecular complexity index is 687. The largest absolute Gasteiger partial charge is 0.461 e. The number of nitrogens with zero attached hydrogens (tertiary/aromatic N) is 2. The average molecular weight is 376 g/mol. The zero-order valence-corrected chi connectivity index (χ0v) is 12.0. The maximum Gasteiger partial charge on any atom is 0.461 e. The zero-order chi connectivity index (χ0) is 15.3. The number of halogens is 7. The minimum atomic E-state index is -5.79. The summed E-state index contributed by atoms with van der Waals surface area (Å²) < 4.78 is 64.0. The molecule has 9 heteroatoms. The maximum atomic E-state index is 13.3. The van der Waals surface area contributed by atoms with Crippen molar-refractivity contribution in [1.29, 1.82) is 0 Å². The molecule has 0 saturated carbocycles. The van der Waals surface area contributed by atoms with E-state index >= 15 is 0 Å². The fraction of sp³-hybridized carbons (Fsp3) is 0.273. The highest BCUT2D eigenvalue weighted by molar-refractivity contribution is 9.10. The molecule has 0 aliphatic carbocycles. The zero-order valence-electron chi connectivity index (χ0n) is 9.69. The number of aromatic nitrogens is 2. The van der Waals surface area contributed by atoms with E-state index < -0.39 is 23.1 Å². The van der Waals surface area contributed by atoms with Gasteiger partial charge in [0.2, 0.25) is 5.82 Å². The van der Waals surface area contributed by atoms with Crippen LogP contribution in [0.4, 0.5) is 22.0 Å². The van der Waals surface area contributed by atoms with Crippen molar-refractivity contribution in [2.75, 3.05) is 0 Å². The number of benzene rings is 1. The first-order valence-corrected chi connectivity index (χ1v) is 6.30. The summed E-state index contributed by atoms with van der Waals surface area (Å²) in [6.07, 6.45) is -5.79. The molecule has 0 atom stereocenters. The molecule has 0 spiro atoms. The average Bonchev–Trinajstić information content (AvgIpc) is 2.31. The van der Waals surface area contributed by atoms with Crippen LogP contribution < -0.4 is 0 Å². The van der Waals surface area contributed by atoms with Crippen LogP contribution in [0, 0.1) is 6.92 Å². The van der Waals surface area contributed by atoms with Gasteiger partial charge >= 0.3 is 12.1 Å². The van der Waals surface area contributed by atoms with Crippen LogP contribution in [0.3, 0.4) is 0 Å². The van der Waals surface area contributed by atoms with Gasteiger partial charge in [0, 0.05) is 4.47 Å². The van der Waals surface area contributed by atoms with Crippen LogP contribution in [0.5, 0.6) is 0 Å². The highest BCUT2D eigenvalue weighted by Gasteiger charge is 2.61. The first kappa shape index (κ1) is 15.4. The van der Waals surface area contributed by atoms with E-state index in [9.17, 15) is 22.0 Å². The Labute approximate surface area is 123 Å². The Morgan fingerprint density at radius 2 is 1.70 bits per heavy atom. The van der Waals surface area contributed by atoms with E-state index in [-0.39, 0.29) is 10.9 Å². The first-order chi connectivity index (χ1) is 9.05. The molecule has 0 unspecified atom stereocenters. The maximum absolute atomic E-state index is 13.3. The summed E-state index contributed by atoms with van der Waals surface area (Å²) in [6, 6.07) is 3.10. The van der Waals surface area contributed by atoms with Crippen LogP contribution in [0.1, 0.15) is 11.4 Å². The number of hydrogen-bond acceptors (Lipinski definition) is 2. The third-order valence-corrected chi connectivity index (χ3v) is 3.53. The Hall–Kier alpha value is -1.02. The van der Waals surface area contributed by atoms with E-state index in [1.807, 2.05) is 0 Å². The number of alkyl halides is 5. The molecule has 2 rings (SSSR count). The van der Waals surface area contributed by atoms with Crippen molar-refractivity contribution in [2.45, 2.75) is 19.0 Å². The van der Waals surface area contributed by atoms with Crippen molar-refractivity contribution in [3.8, 4) is 0 Å². The molecule has 1 heterocycles. The highest BCUT2D eigenvalue weighted by atomic mass is 79.9. The van der Waals surface area contributed by atoms with E-state index in [4.69, 9.17) is 11.6 Å². The van der Waals surface area contributed by atoms with E-state index in [2.05, 4.69) is 25.9 Å². The topological polar surface area (TPSA) is 25.8 Å². The summed E-state index contributed by atoms with van der Waals surface area (Å²) in [4.78, 5) is 6.43. The fourth-order valence-corrected chi connectivity index (χ4v) is 2.45. The van der Waals surface area contributed by atoms with Crippen LogP contribution in [-0.2, 0) is 5.92 Å². The van der Waals surface area contributed by atoms with Crippen LogP contribution in [0.15, 0.2) is 16.6 Å². The summed E-state index contributed by atoms with van der Waals surface area (Å²) >= 11 is 8.84. The second-order valence-electron chi connectivity index (χ2n) is 4.00. The molecule has 0 amide bonds. The van der Waals surface area contributed by atoms with Crippen molar-refractivity contribution in [1.82, 2.24) is 9.97 Å².